The Morgan fingerprint density at radius 3 is 2.74 bits per heavy atom. The van der Waals surface area contributed by atoms with Gasteiger partial charge in [0.05, 0.1) is 5.41 Å². The number of carbonyl (C=O) groups excluding carboxylic acids is 3. The first-order valence-electron chi connectivity index (χ1n) is 10.8. The molecule has 0 aromatic rings. The summed E-state index contributed by atoms with van der Waals surface area (Å²) in [5.74, 6) is 1.80. The van der Waals surface area contributed by atoms with Crippen LogP contribution in [0.1, 0.15) is 72.1 Å². The number of Topliss-reactive ketones (excluding diaryl/α,β-unsaturated/α-hetero) is 1. The summed E-state index contributed by atoms with van der Waals surface area (Å²) in [6.45, 7) is 6.24. The predicted molar refractivity (Wildman–Crippen MR) is 102 cm³/mol. The molecule has 0 bridgehead atoms. The molecule has 4 aliphatic carbocycles. The van der Waals surface area contributed by atoms with Gasteiger partial charge in [-0.15, -0.1) is 0 Å². The van der Waals surface area contributed by atoms with Gasteiger partial charge in [0.25, 0.3) is 0 Å². The van der Waals surface area contributed by atoms with E-state index in [1.54, 1.807) is 0 Å². The summed E-state index contributed by atoms with van der Waals surface area (Å²) in [6.07, 6.45) is 9.60. The minimum Gasteiger partial charge on any atom is -0.462 e. The van der Waals surface area contributed by atoms with Crippen LogP contribution in [0.15, 0.2) is 11.6 Å². The molecule has 0 aliphatic heterocycles. The van der Waals surface area contributed by atoms with Gasteiger partial charge in [0.15, 0.2) is 0 Å². The van der Waals surface area contributed by atoms with E-state index in [0.717, 1.165) is 32.1 Å². The van der Waals surface area contributed by atoms with Gasteiger partial charge in [0, 0.05) is 24.7 Å². The van der Waals surface area contributed by atoms with Crippen LogP contribution in [0.4, 0.5) is 0 Å². The Kier molecular flexibility index (Phi) is 4.59. The number of hydrogen-bond donors (Lipinski definition) is 0. The van der Waals surface area contributed by atoms with Gasteiger partial charge in [0.1, 0.15) is 18.2 Å². The number of esters is 1. The van der Waals surface area contributed by atoms with Gasteiger partial charge in [-0.3, -0.25) is 9.59 Å². The van der Waals surface area contributed by atoms with Gasteiger partial charge in [-0.05, 0) is 55.8 Å². The van der Waals surface area contributed by atoms with Crippen LogP contribution in [0, 0.1) is 34.5 Å². The fourth-order valence-corrected chi connectivity index (χ4v) is 7.07. The average molecular weight is 373 g/mol. The number of aldehydes is 1. The van der Waals surface area contributed by atoms with Crippen molar-refractivity contribution in [1.29, 1.82) is 0 Å². The third kappa shape index (κ3) is 2.66. The monoisotopic (exact) mass is 372 g/mol. The smallest absolute Gasteiger partial charge is 0.305 e. The second kappa shape index (κ2) is 6.56. The number of rotatable bonds is 3. The minimum atomic E-state index is -0.404. The standard InChI is InChI=1S/C23H32O4/c1-4-20(26)27-16-7-10-23(13-24)15(12-16)11-14(2)21-17-5-6-19(25)22(17,3)9-8-18(21)23/h11,13-14,16-18,21H,4-10,12H2,1-3H3/t14?,16?,17-,18+,21-,22-,23+/m0/s1. The molecular formula is C23H32O4. The minimum absolute atomic E-state index is 0.0950. The molecule has 0 spiro atoms. The maximum atomic E-state index is 12.6. The fraction of sp³-hybridized carbons (Fsp3) is 0.783. The maximum Gasteiger partial charge on any atom is 0.305 e. The predicted octanol–water partition coefficient (Wildman–Crippen LogP) is 4.27. The van der Waals surface area contributed by atoms with Crippen molar-refractivity contribution in [3.8, 4) is 0 Å². The maximum absolute atomic E-state index is 12.6. The molecule has 4 rings (SSSR count). The molecule has 0 heterocycles. The molecule has 3 fully saturated rings. The molecule has 148 valence electrons. The van der Waals surface area contributed by atoms with Crippen molar-refractivity contribution >= 4 is 18.0 Å². The van der Waals surface area contributed by atoms with Crippen LogP contribution < -0.4 is 0 Å². The van der Waals surface area contributed by atoms with E-state index in [-0.39, 0.29) is 17.5 Å². The van der Waals surface area contributed by atoms with E-state index in [1.165, 1.54) is 11.9 Å². The topological polar surface area (TPSA) is 60.4 Å². The van der Waals surface area contributed by atoms with Crippen LogP contribution in [0.2, 0.25) is 0 Å². The number of fused-ring (bicyclic) bond motifs is 5. The van der Waals surface area contributed by atoms with Crippen molar-refractivity contribution in [3.05, 3.63) is 11.6 Å². The fourth-order valence-electron chi connectivity index (χ4n) is 7.07. The quantitative estimate of drug-likeness (QED) is 0.422. The van der Waals surface area contributed by atoms with Crippen molar-refractivity contribution in [2.45, 2.75) is 78.2 Å². The second-order valence-corrected chi connectivity index (χ2v) is 9.63. The first-order chi connectivity index (χ1) is 12.9. The molecule has 7 atom stereocenters. The van der Waals surface area contributed by atoms with Crippen LogP contribution in [0.25, 0.3) is 0 Å². The van der Waals surface area contributed by atoms with Crippen LogP contribution in [-0.4, -0.2) is 24.1 Å². The summed E-state index contributed by atoms with van der Waals surface area (Å²) in [6, 6.07) is 0. The molecule has 0 aromatic heterocycles. The molecule has 27 heavy (non-hydrogen) atoms. The molecule has 0 radical (unpaired) electrons. The lowest BCUT2D eigenvalue weighted by molar-refractivity contribution is -0.152. The van der Waals surface area contributed by atoms with E-state index in [2.05, 4.69) is 19.9 Å². The summed E-state index contributed by atoms with van der Waals surface area (Å²) in [5.41, 5.74) is 0.608. The molecule has 0 amide bonds. The normalized spacial score (nSPS) is 46.0. The Balaban J connectivity index is 1.66. The Morgan fingerprint density at radius 1 is 1.26 bits per heavy atom. The Morgan fingerprint density at radius 2 is 2.04 bits per heavy atom. The highest BCUT2D eigenvalue weighted by molar-refractivity contribution is 5.87. The highest BCUT2D eigenvalue weighted by Gasteiger charge is 2.61. The van der Waals surface area contributed by atoms with Gasteiger partial charge in [-0.25, -0.2) is 0 Å². The first-order valence-corrected chi connectivity index (χ1v) is 10.8. The van der Waals surface area contributed by atoms with Crippen molar-refractivity contribution in [2.75, 3.05) is 0 Å². The number of hydrogen-bond acceptors (Lipinski definition) is 4. The zero-order valence-electron chi connectivity index (χ0n) is 16.8. The Hall–Kier alpha value is -1.45. The highest BCUT2D eigenvalue weighted by atomic mass is 16.5. The molecule has 4 aliphatic rings. The van der Waals surface area contributed by atoms with Gasteiger partial charge in [-0.1, -0.05) is 32.4 Å². The van der Waals surface area contributed by atoms with Gasteiger partial charge < -0.3 is 9.53 Å². The second-order valence-electron chi connectivity index (χ2n) is 9.63. The summed E-state index contributed by atoms with van der Waals surface area (Å²) in [4.78, 5) is 36.8. The molecule has 0 saturated heterocycles. The van der Waals surface area contributed by atoms with E-state index < -0.39 is 5.41 Å². The zero-order chi connectivity index (χ0) is 19.4. The number of ketones is 1. The number of carbonyl (C=O) groups is 3. The number of allylic oxidation sites excluding steroid dienone is 1. The largest absolute Gasteiger partial charge is 0.462 e. The van der Waals surface area contributed by atoms with E-state index in [1.807, 2.05) is 6.92 Å². The lowest BCUT2D eigenvalue weighted by Gasteiger charge is -2.57. The summed E-state index contributed by atoms with van der Waals surface area (Å²) in [7, 11) is 0. The lowest BCUT2D eigenvalue weighted by Crippen LogP contribution is -2.54. The lowest BCUT2D eigenvalue weighted by atomic mass is 9.46. The van der Waals surface area contributed by atoms with Crippen molar-refractivity contribution < 1.29 is 19.1 Å². The van der Waals surface area contributed by atoms with Crippen molar-refractivity contribution in [2.24, 2.45) is 34.5 Å². The highest BCUT2D eigenvalue weighted by Crippen LogP contribution is 2.64. The number of ether oxygens (including phenoxy) is 1. The first kappa shape index (κ1) is 18.9. The van der Waals surface area contributed by atoms with Gasteiger partial charge in [0.2, 0.25) is 0 Å². The van der Waals surface area contributed by atoms with E-state index >= 15 is 0 Å². The molecule has 4 nitrogen and oxygen atoms in total. The van der Waals surface area contributed by atoms with Gasteiger partial charge in [-0.2, -0.15) is 0 Å². The van der Waals surface area contributed by atoms with Gasteiger partial charge >= 0.3 is 5.97 Å². The zero-order valence-corrected chi connectivity index (χ0v) is 16.8. The third-order valence-corrected chi connectivity index (χ3v) is 8.50. The average Bonchev–Trinajstić information content (AvgIpc) is 2.96. The van der Waals surface area contributed by atoms with Crippen LogP contribution in [-0.2, 0) is 19.1 Å². The Labute approximate surface area is 162 Å². The molecule has 3 saturated carbocycles. The molecule has 4 heteroatoms. The molecule has 0 aromatic carbocycles. The van der Waals surface area contributed by atoms with Crippen LogP contribution in [0.5, 0.6) is 0 Å². The summed E-state index contributed by atoms with van der Waals surface area (Å²) in [5, 5.41) is 0. The SMILES string of the molecule is CCC(=O)OC1CC[C@@]2(C=O)C(=CC(C)[C@@H]3[C@H]2CC[C@]2(C)C(=O)CC[C@@H]32)C1. The third-order valence-electron chi connectivity index (χ3n) is 8.50. The van der Waals surface area contributed by atoms with Crippen LogP contribution in [0.3, 0.4) is 0 Å². The van der Waals surface area contributed by atoms with Crippen molar-refractivity contribution in [1.82, 2.24) is 0 Å². The molecule has 2 unspecified atom stereocenters. The van der Waals surface area contributed by atoms with Crippen LogP contribution >= 0.6 is 0 Å². The van der Waals surface area contributed by atoms with E-state index in [4.69, 9.17) is 4.74 Å². The van der Waals surface area contributed by atoms with Crippen molar-refractivity contribution in [3.63, 3.8) is 0 Å². The van der Waals surface area contributed by atoms with E-state index in [0.29, 0.717) is 48.7 Å². The summed E-state index contributed by atoms with van der Waals surface area (Å²) < 4.78 is 5.61. The molecular weight excluding hydrogens is 340 g/mol. The molecule has 0 N–H and O–H groups in total. The summed E-state index contributed by atoms with van der Waals surface area (Å²) >= 11 is 0. The van der Waals surface area contributed by atoms with E-state index in [9.17, 15) is 14.4 Å². The Bertz CT molecular complexity index is 694.